The average Bonchev–Trinajstić information content (AvgIpc) is 2.68. The van der Waals surface area contributed by atoms with Crippen LogP contribution in [-0.4, -0.2) is 0 Å². The third kappa shape index (κ3) is 2.67. The van der Waals surface area contributed by atoms with Crippen LogP contribution < -0.4 is 5.73 Å². The molecule has 0 aliphatic rings. The molecular weight excluding hydrogens is 289 g/mol. The van der Waals surface area contributed by atoms with Crippen molar-refractivity contribution in [1.29, 1.82) is 0 Å². The third-order valence-corrected chi connectivity index (χ3v) is 3.26. The Morgan fingerprint density at radius 3 is 2.50 bits per heavy atom. The van der Waals surface area contributed by atoms with E-state index in [1.54, 1.807) is 6.26 Å². The van der Waals surface area contributed by atoms with Gasteiger partial charge >= 0.3 is 0 Å². The number of nitrogens with two attached hydrogens (primary N) is 1. The van der Waals surface area contributed by atoms with Gasteiger partial charge in [0.15, 0.2) is 0 Å². The summed E-state index contributed by atoms with van der Waals surface area (Å²) >= 11 is 9.21. The molecular formula is C12H11BrClNO. The van der Waals surface area contributed by atoms with E-state index in [1.165, 1.54) is 0 Å². The fourth-order valence-corrected chi connectivity index (χ4v) is 2.16. The number of benzene rings is 1. The lowest BCUT2D eigenvalue weighted by molar-refractivity contribution is 0.462. The maximum Gasteiger partial charge on any atom is 0.134 e. The average molecular weight is 301 g/mol. The Morgan fingerprint density at radius 2 is 1.94 bits per heavy atom. The molecule has 0 spiro atoms. The summed E-state index contributed by atoms with van der Waals surface area (Å²) in [6.07, 6.45) is 2.35. The van der Waals surface area contributed by atoms with Crippen molar-refractivity contribution in [2.24, 2.45) is 5.73 Å². The number of halogens is 2. The smallest absolute Gasteiger partial charge is 0.134 e. The van der Waals surface area contributed by atoms with Crippen molar-refractivity contribution in [2.75, 3.05) is 0 Å². The molecule has 16 heavy (non-hydrogen) atoms. The van der Waals surface area contributed by atoms with Crippen LogP contribution in [0.3, 0.4) is 0 Å². The normalized spacial score (nSPS) is 12.7. The lowest BCUT2D eigenvalue weighted by Gasteiger charge is -2.09. The number of furan rings is 1. The molecule has 0 fully saturated rings. The highest BCUT2D eigenvalue weighted by Crippen LogP contribution is 2.25. The summed E-state index contributed by atoms with van der Waals surface area (Å²) < 4.78 is 6.24. The second-order valence-corrected chi connectivity index (χ2v) is 4.86. The van der Waals surface area contributed by atoms with E-state index in [1.807, 2.05) is 30.3 Å². The molecule has 4 heteroatoms. The molecule has 1 aromatic carbocycles. The highest BCUT2D eigenvalue weighted by Gasteiger charge is 2.13. The molecule has 2 N–H and O–H groups in total. The molecule has 2 aromatic rings. The summed E-state index contributed by atoms with van der Waals surface area (Å²) in [5, 5.41) is 0.733. The van der Waals surface area contributed by atoms with E-state index in [0.29, 0.717) is 0 Å². The molecule has 2 nitrogen and oxygen atoms in total. The van der Waals surface area contributed by atoms with Gasteiger partial charge in [-0.3, -0.25) is 0 Å². The molecule has 2 rings (SSSR count). The van der Waals surface area contributed by atoms with Crippen molar-refractivity contribution in [1.82, 2.24) is 0 Å². The van der Waals surface area contributed by atoms with Gasteiger partial charge in [-0.25, -0.2) is 0 Å². The Labute approximate surface area is 108 Å². The van der Waals surface area contributed by atoms with Gasteiger partial charge in [-0.05, 0) is 46.1 Å². The summed E-state index contributed by atoms with van der Waals surface area (Å²) in [6.45, 7) is 0. The summed E-state index contributed by atoms with van der Waals surface area (Å²) in [6, 6.07) is 9.36. The van der Waals surface area contributed by atoms with Crippen molar-refractivity contribution in [3.8, 4) is 0 Å². The van der Waals surface area contributed by atoms with Gasteiger partial charge in [0, 0.05) is 5.02 Å². The van der Waals surface area contributed by atoms with Crippen LogP contribution in [0.25, 0.3) is 0 Å². The second kappa shape index (κ2) is 5.04. The lowest BCUT2D eigenvalue weighted by atomic mass is 10.1. The van der Waals surface area contributed by atoms with Crippen molar-refractivity contribution < 1.29 is 4.42 Å². The molecule has 0 aliphatic heterocycles. The van der Waals surface area contributed by atoms with E-state index in [2.05, 4.69) is 15.9 Å². The minimum absolute atomic E-state index is 0.148. The Kier molecular flexibility index (Phi) is 3.69. The largest absolute Gasteiger partial charge is 0.466 e. The van der Waals surface area contributed by atoms with Crippen LogP contribution in [0.1, 0.15) is 17.4 Å². The number of hydrogen-bond acceptors (Lipinski definition) is 2. The first-order valence-corrected chi connectivity index (χ1v) is 6.07. The Balaban J connectivity index is 2.10. The fourth-order valence-electron chi connectivity index (χ4n) is 1.54. The molecule has 0 bridgehead atoms. The zero-order valence-electron chi connectivity index (χ0n) is 8.49. The van der Waals surface area contributed by atoms with Gasteiger partial charge in [-0.15, -0.1) is 0 Å². The fraction of sp³-hybridized carbons (Fsp3) is 0.167. The summed E-state index contributed by atoms with van der Waals surface area (Å²) in [5.41, 5.74) is 7.19. The molecule has 1 atom stereocenters. The monoisotopic (exact) mass is 299 g/mol. The van der Waals surface area contributed by atoms with Crippen molar-refractivity contribution in [2.45, 2.75) is 12.5 Å². The predicted octanol–water partition coefficient (Wildman–Crippen LogP) is 3.94. The molecule has 0 aliphatic carbocycles. The predicted molar refractivity (Wildman–Crippen MR) is 68.5 cm³/mol. The van der Waals surface area contributed by atoms with Crippen molar-refractivity contribution >= 4 is 27.5 Å². The van der Waals surface area contributed by atoms with Crippen LogP contribution in [0.5, 0.6) is 0 Å². The molecule has 0 saturated carbocycles. The van der Waals surface area contributed by atoms with Crippen LogP contribution >= 0.6 is 27.5 Å². The van der Waals surface area contributed by atoms with Gasteiger partial charge in [-0.2, -0.15) is 0 Å². The van der Waals surface area contributed by atoms with Crippen LogP contribution in [-0.2, 0) is 6.42 Å². The quantitative estimate of drug-likeness (QED) is 0.932. The minimum atomic E-state index is -0.148. The maximum atomic E-state index is 6.05. The van der Waals surface area contributed by atoms with E-state index in [9.17, 15) is 0 Å². The zero-order valence-corrected chi connectivity index (χ0v) is 10.8. The lowest BCUT2D eigenvalue weighted by Crippen LogP contribution is -2.12. The molecule has 1 aromatic heterocycles. The van der Waals surface area contributed by atoms with Crippen LogP contribution in [0.4, 0.5) is 0 Å². The Bertz CT molecular complexity index is 466. The molecule has 0 amide bonds. The number of hydrogen-bond donors (Lipinski definition) is 1. The first kappa shape index (κ1) is 11.7. The molecule has 1 heterocycles. The van der Waals surface area contributed by atoms with E-state index in [0.717, 1.165) is 27.2 Å². The van der Waals surface area contributed by atoms with Crippen LogP contribution in [0.2, 0.25) is 5.02 Å². The molecule has 0 saturated heterocycles. The van der Waals surface area contributed by atoms with Gasteiger partial charge in [0.05, 0.1) is 16.8 Å². The first-order chi connectivity index (χ1) is 7.66. The van der Waals surface area contributed by atoms with E-state index >= 15 is 0 Å². The van der Waals surface area contributed by atoms with E-state index < -0.39 is 0 Å². The summed E-state index contributed by atoms with van der Waals surface area (Å²) in [4.78, 5) is 0. The van der Waals surface area contributed by atoms with Gasteiger partial charge in [-0.1, -0.05) is 23.7 Å². The second-order valence-electron chi connectivity index (χ2n) is 3.57. The van der Waals surface area contributed by atoms with Gasteiger partial charge in [0.2, 0.25) is 0 Å². The standard InChI is InChI=1S/C12H11BrClNO/c13-10-5-6-16-12(10)11(15)7-8-1-3-9(14)4-2-8/h1-6,11H,7,15H2. The van der Waals surface area contributed by atoms with Crippen LogP contribution in [0, 0.1) is 0 Å². The van der Waals surface area contributed by atoms with Gasteiger partial charge < -0.3 is 10.2 Å². The first-order valence-electron chi connectivity index (χ1n) is 4.89. The SMILES string of the molecule is NC(Cc1ccc(Cl)cc1)c1occc1Br. The maximum absolute atomic E-state index is 6.05. The molecule has 84 valence electrons. The Morgan fingerprint density at radius 1 is 1.25 bits per heavy atom. The highest BCUT2D eigenvalue weighted by atomic mass is 79.9. The Hall–Kier alpha value is -0.770. The topological polar surface area (TPSA) is 39.2 Å². The molecule has 1 unspecified atom stereocenters. The number of rotatable bonds is 3. The highest BCUT2D eigenvalue weighted by molar-refractivity contribution is 9.10. The van der Waals surface area contributed by atoms with E-state index in [-0.39, 0.29) is 6.04 Å². The van der Waals surface area contributed by atoms with Crippen molar-refractivity contribution in [3.05, 3.63) is 57.4 Å². The minimum Gasteiger partial charge on any atom is -0.466 e. The van der Waals surface area contributed by atoms with Gasteiger partial charge in [0.1, 0.15) is 5.76 Å². The summed E-state index contributed by atoms with van der Waals surface area (Å²) in [7, 11) is 0. The van der Waals surface area contributed by atoms with E-state index in [4.69, 9.17) is 21.8 Å². The van der Waals surface area contributed by atoms with Gasteiger partial charge in [0.25, 0.3) is 0 Å². The third-order valence-electron chi connectivity index (χ3n) is 2.35. The summed E-state index contributed by atoms with van der Waals surface area (Å²) in [5.74, 6) is 0.773. The van der Waals surface area contributed by atoms with Crippen molar-refractivity contribution in [3.63, 3.8) is 0 Å². The zero-order chi connectivity index (χ0) is 11.5. The molecule has 0 radical (unpaired) electrons. The van der Waals surface area contributed by atoms with Crippen LogP contribution in [0.15, 0.2) is 45.5 Å².